The van der Waals surface area contributed by atoms with Gasteiger partial charge in [0.1, 0.15) is 11.3 Å². The number of hydrogen-bond donors (Lipinski definition) is 1. The largest absolute Gasteiger partial charge is 0.361 e. The fourth-order valence-corrected chi connectivity index (χ4v) is 1.78. The van der Waals surface area contributed by atoms with E-state index in [1.54, 1.807) is 6.92 Å². The second-order valence-corrected chi connectivity index (χ2v) is 4.71. The highest BCUT2D eigenvalue weighted by atomic mass is 16.5. The highest BCUT2D eigenvalue weighted by Gasteiger charge is 2.17. The number of nitrogens with one attached hydrogen (secondary N) is 1. The molecule has 106 valence electrons. The zero-order valence-corrected chi connectivity index (χ0v) is 12.2. The number of carbonyl (C=O) groups excluding carboxylic acids is 1. The molecule has 2 aromatic heterocycles. The Kier molecular flexibility index (Phi) is 3.69. The summed E-state index contributed by atoms with van der Waals surface area (Å²) < 4.78 is 4.89. The normalized spacial score (nSPS) is 10.4. The van der Waals surface area contributed by atoms with Crippen molar-refractivity contribution in [3.05, 3.63) is 28.9 Å². The first-order chi connectivity index (χ1) is 9.40. The summed E-state index contributed by atoms with van der Waals surface area (Å²) in [4.78, 5) is 22.7. The fraction of sp³-hybridized carbons (Fsp3) is 0.385. The van der Waals surface area contributed by atoms with Crippen LogP contribution in [-0.4, -0.2) is 35.1 Å². The summed E-state index contributed by atoms with van der Waals surface area (Å²) in [6.45, 7) is 5.35. The number of hydrogen-bond acceptors (Lipinski definition) is 6. The van der Waals surface area contributed by atoms with Gasteiger partial charge in [-0.25, -0.2) is 9.97 Å². The minimum atomic E-state index is -0.281. The first kappa shape index (κ1) is 14.0. The minimum Gasteiger partial charge on any atom is -0.361 e. The molecule has 7 nitrogen and oxygen atoms in total. The third-order valence-corrected chi connectivity index (χ3v) is 2.89. The van der Waals surface area contributed by atoms with E-state index < -0.39 is 0 Å². The molecule has 1 amide bonds. The van der Waals surface area contributed by atoms with Gasteiger partial charge in [-0.1, -0.05) is 5.16 Å². The number of rotatable bonds is 3. The van der Waals surface area contributed by atoms with Crippen LogP contribution < -0.4 is 10.2 Å². The third-order valence-electron chi connectivity index (χ3n) is 2.89. The molecule has 0 aliphatic rings. The Hall–Kier alpha value is -2.44. The maximum absolute atomic E-state index is 12.1. The maximum atomic E-state index is 12.1. The molecular weight excluding hydrogens is 258 g/mol. The van der Waals surface area contributed by atoms with Crippen LogP contribution in [0.2, 0.25) is 0 Å². The summed E-state index contributed by atoms with van der Waals surface area (Å²) >= 11 is 0. The monoisotopic (exact) mass is 275 g/mol. The maximum Gasteiger partial charge on any atom is 0.260 e. The van der Waals surface area contributed by atoms with Crippen LogP contribution in [0.4, 0.5) is 11.6 Å². The molecule has 7 heteroatoms. The standard InChI is InChI=1S/C13H17N5O2/c1-7-11(8(2)16-13(15-7)18(4)5)17-12(19)10-6-14-20-9(10)3/h6H,1-5H3,(H,17,19). The molecule has 2 aromatic rings. The fourth-order valence-electron chi connectivity index (χ4n) is 1.78. The molecular formula is C13H17N5O2. The van der Waals surface area contributed by atoms with Crippen molar-refractivity contribution in [3.8, 4) is 0 Å². The molecule has 2 heterocycles. The van der Waals surface area contributed by atoms with E-state index in [4.69, 9.17) is 4.52 Å². The minimum absolute atomic E-state index is 0.281. The molecule has 0 spiro atoms. The molecule has 0 aliphatic heterocycles. The molecule has 0 aliphatic carbocycles. The number of nitrogens with zero attached hydrogens (tertiary/aromatic N) is 4. The average Bonchev–Trinajstić information content (AvgIpc) is 2.79. The third kappa shape index (κ3) is 2.61. The van der Waals surface area contributed by atoms with Crippen LogP contribution in [0.5, 0.6) is 0 Å². The highest BCUT2D eigenvalue weighted by Crippen LogP contribution is 2.20. The zero-order chi connectivity index (χ0) is 14.9. The van der Waals surface area contributed by atoms with Gasteiger partial charge >= 0.3 is 0 Å². The second kappa shape index (κ2) is 5.28. The van der Waals surface area contributed by atoms with Crippen LogP contribution in [0, 0.1) is 20.8 Å². The van der Waals surface area contributed by atoms with Gasteiger partial charge in [0, 0.05) is 14.1 Å². The Bertz CT molecular complexity index is 625. The van der Waals surface area contributed by atoms with Gasteiger partial charge in [0.05, 0.1) is 23.3 Å². The second-order valence-electron chi connectivity index (χ2n) is 4.71. The van der Waals surface area contributed by atoms with Gasteiger partial charge in [-0.3, -0.25) is 4.79 Å². The van der Waals surface area contributed by atoms with E-state index in [2.05, 4.69) is 20.4 Å². The van der Waals surface area contributed by atoms with Gasteiger partial charge in [0.15, 0.2) is 0 Å². The number of amides is 1. The van der Waals surface area contributed by atoms with E-state index >= 15 is 0 Å². The molecule has 0 radical (unpaired) electrons. The lowest BCUT2D eigenvalue weighted by Gasteiger charge is -2.15. The van der Waals surface area contributed by atoms with E-state index in [0.717, 1.165) is 0 Å². The van der Waals surface area contributed by atoms with Gasteiger partial charge in [0.25, 0.3) is 5.91 Å². The van der Waals surface area contributed by atoms with Gasteiger partial charge in [-0.05, 0) is 20.8 Å². The van der Waals surface area contributed by atoms with Crippen molar-refractivity contribution in [2.75, 3.05) is 24.3 Å². The van der Waals surface area contributed by atoms with Gasteiger partial charge in [-0.2, -0.15) is 0 Å². The van der Waals surface area contributed by atoms with E-state index in [-0.39, 0.29) is 5.91 Å². The van der Waals surface area contributed by atoms with Crippen LogP contribution >= 0.6 is 0 Å². The topological polar surface area (TPSA) is 84.2 Å². The Balaban J connectivity index is 2.31. The van der Waals surface area contributed by atoms with Gasteiger partial charge in [0.2, 0.25) is 5.95 Å². The number of aromatic nitrogens is 3. The van der Waals surface area contributed by atoms with Crippen LogP contribution in [0.15, 0.2) is 10.7 Å². The van der Waals surface area contributed by atoms with E-state index in [0.29, 0.717) is 34.3 Å². The summed E-state index contributed by atoms with van der Waals surface area (Å²) in [6.07, 6.45) is 1.39. The van der Waals surface area contributed by atoms with Gasteiger partial charge < -0.3 is 14.7 Å². The SMILES string of the molecule is Cc1nc(N(C)C)nc(C)c1NC(=O)c1cnoc1C. The lowest BCUT2D eigenvalue weighted by atomic mass is 10.2. The molecule has 0 saturated heterocycles. The summed E-state index contributed by atoms with van der Waals surface area (Å²) in [5.74, 6) is 0.805. The Morgan fingerprint density at radius 3 is 2.25 bits per heavy atom. The molecule has 2 rings (SSSR count). The quantitative estimate of drug-likeness (QED) is 0.918. The van der Waals surface area contributed by atoms with Crippen molar-refractivity contribution in [2.45, 2.75) is 20.8 Å². The van der Waals surface area contributed by atoms with Gasteiger partial charge in [-0.15, -0.1) is 0 Å². The molecule has 0 saturated carbocycles. The van der Waals surface area contributed by atoms with Crippen molar-refractivity contribution < 1.29 is 9.32 Å². The molecule has 0 bridgehead atoms. The molecule has 0 aromatic carbocycles. The summed E-state index contributed by atoms with van der Waals surface area (Å²) in [5, 5.41) is 6.40. The summed E-state index contributed by atoms with van der Waals surface area (Å²) in [6, 6.07) is 0. The average molecular weight is 275 g/mol. The van der Waals surface area contributed by atoms with Crippen molar-refractivity contribution in [1.82, 2.24) is 15.1 Å². The summed E-state index contributed by atoms with van der Waals surface area (Å²) in [5.41, 5.74) is 2.44. The molecule has 20 heavy (non-hydrogen) atoms. The van der Waals surface area contributed by atoms with Crippen molar-refractivity contribution >= 4 is 17.5 Å². The Labute approximate surface area is 117 Å². The molecule has 0 atom stereocenters. The van der Waals surface area contributed by atoms with Crippen LogP contribution in [0.3, 0.4) is 0 Å². The summed E-state index contributed by atoms with van der Waals surface area (Å²) in [7, 11) is 3.74. The van der Waals surface area contributed by atoms with Crippen molar-refractivity contribution in [2.24, 2.45) is 0 Å². The first-order valence-corrected chi connectivity index (χ1v) is 6.15. The molecule has 0 fully saturated rings. The number of aryl methyl sites for hydroxylation is 3. The van der Waals surface area contributed by atoms with E-state index in [1.165, 1.54) is 6.20 Å². The predicted molar refractivity (Wildman–Crippen MR) is 75.0 cm³/mol. The predicted octanol–water partition coefficient (Wildman–Crippen LogP) is 1.71. The molecule has 1 N–H and O–H groups in total. The van der Waals surface area contributed by atoms with Crippen molar-refractivity contribution in [3.63, 3.8) is 0 Å². The molecule has 0 unspecified atom stereocenters. The lowest BCUT2D eigenvalue weighted by Crippen LogP contribution is -2.18. The van der Waals surface area contributed by atoms with Crippen LogP contribution in [0.25, 0.3) is 0 Å². The number of carbonyl (C=O) groups is 1. The Morgan fingerprint density at radius 2 is 1.80 bits per heavy atom. The van der Waals surface area contributed by atoms with E-state index in [9.17, 15) is 4.79 Å². The Morgan fingerprint density at radius 1 is 1.20 bits per heavy atom. The van der Waals surface area contributed by atoms with Crippen molar-refractivity contribution in [1.29, 1.82) is 0 Å². The zero-order valence-electron chi connectivity index (χ0n) is 12.2. The van der Waals surface area contributed by atoms with Crippen LogP contribution in [-0.2, 0) is 0 Å². The number of anilines is 2. The lowest BCUT2D eigenvalue weighted by molar-refractivity contribution is 0.102. The highest BCUT2D eigenvalue weighted by molar-refractivity contribution is 6.05. The van der Waals surface area contributed by atoms with Crippen LogP contribution in [0.1, 0.15) is 27.5 Å². The smallest absolute Gasteiger partial charge is 0.260 e. The van der Waals surface area contributed by atoms with E-state index in [1.807, 2.05) is 32.8 Å². The first-order valence-electron chi connectivity index (χ1n) is 6.15.